The van der Waals surface area contributed by atoms with Gasteiger partial charge >= 0.3 is 6.03 Å². The van der Waals surface area contributed by atoms with Gasteiger partial charge in [-0.25, -0.2) is 4.79 Å². The smallest absolute Gasteiger partial charge is 0.329 e. The van der Waals surface area contributed by atoms with E-state index >= 15 is 0 Å². The predicted molar refractivity (Wildman–Crippen MR) is 138 cm³/mol. The minimum absolute atomic E-state index is 0.218. The van der Waals surface area contributed by atoms with Crippen molar-refractivity contribution in [2.24, 2.45) is 0 Å². The number of nitrogens with one attached hydrogen (secondary N) is 1. The van der Waals surface area contributed by atoms with Gasteiger partial charge in [0, 0.05) is 5.56 Å². The number of urea groups is 1. The van der Waals surface area contributed by atoms with Crippen LogP contribution in [0.5, 0.6) is 5.75 Å². The lowest BCUT2D eigenvalue weighted by Crippen LogP contribution is -2.30. The summed E-state index contributed by atoms with van der Waals surface area (Å²) in [5.41, 5.74) is 5.22. The highest BCUT2D eigenvalue weighted by Crippen LogP contribution is 2.32. The second kappa shape index (κ2) is 9.47. The third kappa shape index (κ3) is 4.80. The quantitative estimate of drug-likeness (QED) is 0.277. The Kier molecular flexibility index (Phi) is 6.06. The van der Waals surface area contributed by atoms with E-state index in [9.17, 15) is 9.59 Å². The lowest BCUT2D eigenvalue weighted by molar-refractivity contribution is -0.123. The second-order valence-corrected chi connectivity index (χ2v) is 8.84. The first-order chi connectivity index (χ1) is 17.0. The van der Waals surface area contributed by atoms with Crippen LogP contribution in [0.3, 0.4) is 0 Å². The van der Waals surface area contributed by atoms with Crippen molar-refractivity contribution in [3.8, 4) is 5.75 Å². The molecule has 5 rings (SSSR count). The third-order valence-electron chi connectivity index (χ3n) is 6.12. The highest BCUT2D eigenvalue weighted by atomic mass is 16.5. The molecule has 0 bridgehead atoms. The van der Waals surface area contributed by atoms with E-state index in [1.165, 1.54) is 10.5 Å². The van der Waals surface area contributed by atoms with Gasteiger partial charge in [-0.2, -0.15) is 0 Å². The molecule has 0 aliphatic carbocycles. The molecule has 4 aromatic rings. The fraction of sp³-hybridized carbons (Fsp3) is 0.133. The van der Waals surface area contributed by atoms with E-state index in [-0.39, 0.29) is 18.1 Å². The van der Waals surface area contributed by atoms with Crippen LogP contribution in [0.15, 0.2) is 90.6 Å². The number of carbonyl (C=O) groups excluding carboxylic acids is 2. The van der Waals surface area contributed by atoms with Crippen LogP contribution in [-0.4, -0.2) is 16.8 Å². The highest BCUT2D eigenvalue weighted by Gasteiger charge is 2.33. The zero-order valence-corrected chi connectivity index (χ0v) is 19.7. The van der Waals surface area contributed by atoms with Gasteiger partial charge in [-0.05, 0) is 47.9 Å². The summed E-state index contributed by atoms with van der Waals surface area (Å²) in [4.78, 5) is 27.1. The molecule has 0 spiro atoms. The first kappa shape index (κ1) is 22.4. The van der Waals surface area contributed by atoms with Gasteiger partial charge in [-0.3, -0.25) is 9.69 Å². The molecule has 0 atom stereocenters. The fourth-order valence-corrected chi connectivity index (χ4v) is 4.25. The molecule has 0 unspecified atom stereocenters. The number of fused-ring (bicyclic) bond motifs is 1. The van der Waals surface area contributed by atoms with Gasteiger partial charge < -0.3 is 10.1 Å². The van der Waals surface area contributed by atoms with Crippen LogP contribution in [-0.2, 0) is 17.9 Å². The van der Waals surface area contributed by atoms with Crippen molar-refractivity contribution in [1.82, 2.24) is 10.2 Å². The largest absolute Gasteiger partial charge is 0.488 e. The SMILES string of the molecule is Cc1ccc(COc2ccc3ccccc3c2/C=C2/NC(=O)N(Cc3cccc(C)c3)C2=O)cc1. The van der Waals surface area contributed by atoms with Crippen molar-refractivity contribution in [2.45, 2.75) is 27.0 Å². The third-order valence-corrected chi connectivity index (χ3v) is 6.12. The molecule has 174 valence electrons. The summed E-state index contributed by atoms with van der Waals surface area (Å²) in [6.07, 6.45) is 1.73. The van der Waals surface area contributed by atoms with Gasteiger partial charge in [0.15, 0.2) is 0 Å². The molecule has 1 saturated heterocycles. The van der Waals surface area contributed by atoms with Gasteiger partial charge in [-0.15, -0.1) is 0 Å². The standard InChI is InChI=1S/C30H26N2O3/c1-20-10-12-22(13-11-20)19-35-28-15-14-24-8-3-4-9-25(24)26(28)17-27-29(33)32(30(34)31-27)18-23-7-5-6-21(2)16-23/h3-17H,18-19H2,1-2H3,(H,31,34)/b27-17+. The van der Waals surface area contributed by atoms with Crippen LogP contribution >= 0.6 is 0 Å². The molecule has 0 saturated carbocycles. The maximum Gasteiger partial charge on any atom is 0.329 e. The monoisotopic (exact) mass is 462 g/mol. The molecule has 5 heteroatoms. The first-order valence-electron chi connectivity index (χ1n) is 11.6. The zero-order valence-electron chi connectivity index (χ0n) is 19.7. The van der Waals surface area contributed by atoms with E-state index in [2.05, 4.69) is 17.4 Å². The lowest BCUT2D eigenvalue weighted by Gasteiger charge is -2.13. The van der Waals surface area contributed by atoms with Crippen molar-refractivity contribution in [3.05, 3.63) is 118 Å². The molecule has 1 heterocycles. The van der Waals surface area contributed by atoms with Crippen molar-refractivity contribution in [3.63, 3.8) is 0 Å². The Balaban J connectivity index is 1.47. The fourth-order valence-electron chi connectivity index (χ4n) is 4.25. The van der Waals surface area contributed by atoms with Gasteiger partial charge in [0.2, 0.25) is 0 Å². The second-order valence-electron chi connectivity index (χ2n) is 8.84. The first-order valence-corrected chi connectivity index (χ1v) is 11.6. The Morgan fingerprint density at radius 2 is 1.63 bits per heavy atom. The number of rotatable bonds is 6. The van der Waals surface area contributed by atoms with E-state index in [4.69, 9.17) is 4.74 Å². The maximum atomic E-state index is 13.2. The van der Waals surface area contributed by atoms with E-state index in [1.54, 1.807) is 6.08 Å². The normalized spacial score (nSPS) is 14.6. The summed E-state index contributed by atoms with van der Waals surface area (Å²) in [6, 6.07) is 27.4. The van der Waals surface area contributed by atoms with Crippen molar-refractivity contribution in [2.75, 3.05) is 0 Å². The number of amides is 3. The number of hydrogen-bond acceptors (Lipinski definition) is 3. The Hall–Kier alpha value is -4.38. The molecular weight excluding hydrogens is 436 g/mol. The average molecular weight is 463 g/mol. The average Bonchev–Trinajstić information content (AvgIpc) is 3.12. The molecule has 35 heavy (non-hydrogen) atoms. The summed E-state index contributed by atoms with van der Waals surface area (Å²) in [5.74, 6) is 0.296. The Bertz CT molecular complexity index is 1450. The number of imide groups is 1. The summed E-state index contributed by atoms with van der Waals surface area (Å²) < 4.78 is 6.20. The van der Waals surface area contributed by atoms with Gasteiger partial charge in [0.05, 0.1) is 6.54 Å². The molecule has 0 aromatic heterocycles. The Morgan fingerprint density at radius 3 is 2.43 bits per heavy atom. The van der Waals surface area contributed by atoms with E-state index in [0.717, 1.165) is 33.0 Å². The lowest BCUT2D eigenvalue weighted by atomic mass is 10.0. The van der Waals surface area contributed by atoms with Crippen LogP contribution in [0.2, 0.25) is 0 Å². The molecule has 5 nitrogen and oxygen atoms in total. The minimum atomic E-state index is -0.426. The van der Waals surface area contributed by atoms with Crippen LogP contribution in [0.25, 0.3) is 16.8 Å². The van der Waals surface area contributed by atoms with Gasteiger partial charge in [0.1, 0.15) is 18.1 Å². The molecule has 1 fully saturated rings. The number of benzene rings is 4. The van der Waals surface area contributed by atoms with Crippen LogP contribution in [0, 0.1) is 13.8 Å². The van der Waals surface area contributed by atoms with Crippen molar-refractivity contribution < 1.29 is 14.3 Å². The topological polar surface area (TPSA) is 58.6 Å². The molecule has 0 radical (unpaired) electrons. The summed E-state index contributed by atoms with van der Waals surface area (Å²) in [6.45, 7) is 4.65. The van der Waals surface area contributed by atoms with Gasteiger partial charge in [0.25, 0.3) is 5.91 Å². The zero-order chi connectivity index (χ0) is 24.4. The Morgan fingerprint density at radius 1 is 0.829 bits per heavy atom. The van der Waals surface area contributed by atoms with E-state index < -0.39 is 6.03 Å². The minimum Gasteiger partial charge on any atom is -0.488 e. The molecule has 3 amide bonds. The highest BCUT2D eigenvalue weighted by molar-refractivity contribution is 6.14. The number of aryl methyl sites for hydroxylation is 2. The Labute approximate surface area is 204 Å². The van der Waals surface area contributed by atoms with E-state index in [0.29, 0.717) is 12.4 Å². The summed E-state index contributed by atoms with van der Waals surface area (Å²) in [5, 5.41) is 4.72. The molecule has 1 aliphatic heterocycles. The van der Waals surface area contributed by atoms with E-state index in [1.807, 2.05) is 86.6 Å². The number of nitrogens with zero attached hydrogens (tertiary/aromatic N) is 1. The molecule has 1 aliphatic rings. The number of ether oxygens (including phenoxy) is 1. The summed E-state index contributed by atoms with van der Waals surface area (Å²) in [7, 11) is 0. The van der Waals surface area contributed by atoms with Crippen LogP contribution < -0.4 is 10.1 Å². The van der Waals surface area contributed by atoms with Crippen molar-refractivity contribution >= 4 is 28.8 Å². The van der Waals surface area contributed by atoms with Crippen LogP contribution in [0.1, 0.15) is 27.8 Å². The molecular formula is C30H26N2O3. The summed E-state index contributed by atoms with van der Waals surface area (Å²) >= 11 is 0. The van der Waals surface area contributed by atoms with Crippen LogP contribution in [0.4, 0.5) is 4.79 Å². The molecule has 1 N–H and O–H groups in total. The number of carbonyl (C=O) groups is 2. The maximum absolute atomic E-state index is 13.2. The molecule has 4 aromatic carbocycles. The number of hydrogen-bond donors (Lipinski definition) is 1. The van der Waals surface area contributed by atoms with Crippen molar-refractivity contribution in [1.29, 1.82) is 0 Å². The predicted octanol–water partition coefficient (Wildman–Crippen LogP) is 6.13. The van der Waals surface area contributed by atoms with Gasteiger partial charge in [-0.1, -0.05) is 90.0 Å².